The van der Waals surface area contributed by atoms with Gasteiger partial charge in [-0.15, -0.1) is 0 Å². The van der Waals surface area contributed by atoms with E-state index >= 15 is 0 Å². The molecular formula is C9H10N2S2. The molecule has 1 unspecified atom stereocenters. The van der Waals surface area contributed by atoms with Crippen molar-refractivity contribution in [3.8, 4) is 0 Å². The van der Waals surface area contributed by atoms with Gasteiger partial charge in [-0.1, -0.05) is 12.1 Å². The minimum atomic E-state index is 0.493. The second kappa shape index (κ2) is 3.64. The molecule has 0 aliphatic rings. The Morgan fingerprint density at radius 3 is 3.00 bits per heavy atom. The summed E-state index contributed by atoms with van der Waals surface area (Å²) in [6.07, 6.45) is 2.11. The maximum absolute atomic E-state index is 4.30. The average Bonchev–Trinajstić information content (AvgIpc) is 2.63. The summed E-state index contributed by atoms with van der Waals surface area (Å²) in [5, 5.41) is 0.493. The van der Waals surface area contributed by atoms with Gasteiger partial charge in [-0.3, -0.25) is 0 Å². The van der Waals surface area contributed by atoms with Gasteiger partial charge >= 0.3 is 0 Å². The van der Waals surface area contributed by atoms with E-state index in [9.17, 15) is 0 Å². The quantitative estimate of drug-likeness (QED) is 0.761. The smallest absolute Gasteiger partial charge is 0.109 e. The molecule has 0 N–H and O–H groups in total. The number of benzene rings is 1. The van der Waals surface area contributed by atoms with E-state index in [1.807, 2.05) is 23.9 Å². The molecule has 0 saturated heterocycles. The Hall–Kier alpha value is -0.610. The summed E-state index contributed by atoms with van der Waals surface area (Å²) in [6, 6.07) is 6.19. The summed E-state index contributed by atoms with van der Waals surface area (Å²) in [6.45, 7) is 2.19. The topological polar surface area (TPSA) is 25.8 Å². The number of hydrogen-bond donors (Lipinski definition) is 0. The second-order valence-corrected chi connectivity index (χ2v) is 4.56. The molecular weight excluding hydrogens is 200 g/mol. The lowest BCUT2D eigenvalue weighted by Gasteiger charge is -2.07. The fourth-order valence-electron chi connectivity index (χ4n) is 1.28. The summed E-state index contributed by atoms with van der Waals surface area (Å²) < 4.78 is 8.52. The van der Waals surface area contributed by atoms with E-state index in [1.165, 1.54) is 17.3 Å². The molecule has 0 amide bonds. The highest BCUT2D eigenvalue weighted by Gasteiger charge is 2.09. The summed E-state index contributed by atoms with van der Waals surface area (Å²) in [5.74, 6) is 0. The van der Waals surface area contributed by atoms with Gasteiger partial charge in [-0.05, 0) is 24.8 Å². The van der Waals surface area contributed by atoms with Crippen LogP contribution in [0.5, 0.6) is 0 Å². The Morgan fingerprint density at radius 1 is 1.38 bits per heavy atom. The molecule has 68 valence electrons. The van der Waals surface area contributed by atoms with E-state index in [4.69, 9.17) is 0 Å². The molecule has 2 nitrogen and oxygen atoms in total. The van der Waals surface area contributed by atoms with Crippen molar-refractivity contribution in [3.05, 3.63) is 23.8 Å². The lowest BCUT2D eigenvalue weighted by Crippen LogP contribution is -1.88. The van der Waals surface area contributed by atoms with E-state index in [0.717, 1.165) is 11.0 Å². The largest absolute Gasteiger partial charge is 0.173 e. The maximum atomic E-state index is 4.30. The highest BCUT2D eigenvalue weighted by molar-refractivity contribution is 7.98. The molecule has 0 spiro atoms. The molecule has 1 heterocycles. The molecule has 0 aliphatic carbocycles. The van der Waals surface area contributed by atoms with Crippen LogP contribution in [0.15, 0.2) is 18.2 Å². The van der Waals surface area contributed by atoms with Gasteiger partial charge in [0.05, 0.1) is 11.7 Å². The van der Waals surface area contributed by atoms with E-state index in [2.05, 4.69) is 28.0 Å². The molecule has 0 bridgehead atoms. The van der Waals surface area contributed by atoms with Gasteiger partial charge in [-0.2, -0.15) is 20.5 Å². The van der Waals surface area contributed by atoms with E-state index in [0.29, 0.717) is 5.25 Å². The van der Waals surface area contributed by atoms with Crippen LogP contribution in [-0.2, 0) is 0 Å². The third-order valence-electron chi connectivity index (χ3n) is 2.11. The van der Waals surface area contributed by atoms with Crippen LogP contribution in [0.4, 0.5) is 0 Å². The van der Waals surface area contributed by atoms with Gasteiger partial charge in [0.25, 0.3) is 0 Å². The van der Waals surface area contributed by atoms with Crippen molar-refractivity contribution in [3.63, 3.8) is 0 Å². The van der Waals surface area contributed by atoms with Crippen molar-refractivity contribution >= 4 is 34.5 Å². The lowest BCUT2D eigenvalue weighted by molar-refractivity contribution is 1.12. The zero-order valence-electron chi connectivity index (χ0n) is 7.52. The van der Waals surface area contributed by atoms with Crippen molar-refractivity contribution < 1.29 is 0 Å². The lowest BCUT2D eigenvalue weighted by atomic mass is 10.1. The number of hydrogen-bond acceptors (Lipinski definition) is 4. The summed E-state index contributed by atoms with van der Waals surface area (Å²) in [5.41, 5.74) is 3.37. The average molecular weight is 210 g/mol. The molecule has 13 heavy (non-hydrogen) atoms. The van der Waals surface area contributed by atoms with Crippen LogP contribution in [0.2, 0.25) is 0 Å². The summed E-state index contributed by atoms with van der Waals surface area (Å²) >= 11 is 3.12. The number of rotatable bonds is 2. The van der Waals surface area contributed by atoms with Crippen LogP contribution in [0, 0.1) is 0 Å². The molecule has 2 rings (SSSR count). The highest BCUT2D eigenvalue weighted by Crippen LogP contribution is 2.30. The van der Waals surface area contributed by atoms with Crippen molar-refractivity contribution in [2.45, 2.75) is 12.2 Å². The maximum Gasteiger partial charge on any atom is 0.109 e. The molecule has 0 fully saturated rings. The van der Waals surface area contributed by atoms with Crippen LogP contribution < -0.4 is 0 Å². The van der Waals surface area contributed by atoms with Crippen LogP contribution >= 0.6 is 23.5 Å². The first-order valence-corrected chi connectivity index (χ1v) is 6.08. The molecule has 1 atom stereocenters. The van der Waals surface area contributed by atoms with E-state index in [1.54, 1.807) is 0 Å². The first-order chi connectivity index (χ1) is 6.33. The standard InChI is InChI=1S/C9H10N2S2/c1-6(12-2)7-4-3-5-8-9(7)11-13-10-8/h3-6H,1-2H3. The van der Waals surface area contributed by atoms with Gasteiger partial charge < -0.3 is 0 Å². The van der Waals surface area contributed by atoms with Crippen LogP contribution in [0.1, 0.15) is 17.7 Å². The SMILES string of the molecule is CSC(C)c1cccc2nsnc12. The van der Waals surface area contributed by atoms with Crippen molar-refractivity contribution in [1.29, 1.82) is 0 Å². The van der Waals surface area contributed by atoms with Crippen LogP contribution in [0.25, 0.3) is 11.0 Å². The summed E-state index contributed by atoms with van der Waals surface area (Å²) in [4.78, 5) is 0. The van der Waals surface area contributed by atoms with Crippen molar-refractivity contribution in [2.24, 2.45) is 0 Å². The Kier molecular flexibility index (Phi) is 2.51. The third-order valence-corrected chi connectivity index (χ3v) is 3.61. The summed E-state index contributed by atoms with van der Waals surface area (Å²) in [7, 11) is 0. The van der Waals surface area contributed by atoms with E-state index in [-0.39, 0.29) is 0 Å². The zero-order chi connectivity index (χ0) is 9.26. The van der Waals surface area contributed by atoms with Crippen molar-refractivity contribution in [1.82, 2.24) is 8.75 Å². The Bertz CT molecular complexity index is 411. The van der Waals surface area contributed by atoms with Crippen molar-refractivity contribution in [2.75, 3.05) is 6.26 Å². The molecule has 0 aliphatic heterocycles. The number of fused-ring (bicyclic) bond motifs is 1. The highest BCUT2D eigenvalue weighted by atomic mass is 32.2. The predicted octanol–water partition coefficient (Wildman–Crippen LogP) is 3.12. The first kappa shape index (κ1) is 8.97. The number of nitrogens with zero attached hydrogens (tertiary/aromatic N) is 2. The minimum absolute atomic E-state index is 0.493. The predicted molar refractivity (Wildman–Crippen MR) is 59.3 cm³/mol. The minimum Gasteiger partial charge on any atom is -0.173 e. The number of thioether (sulfide) groups is 1. The molecule has 1 aromatic heterocycles. The molecule has 4 heteroatoms. The molecule has 0 saturated carbocycles. The number of aromatic nitrogens is 2. The fourth-order valence-corrected chi connectivity index (χ4v) is 2.28. The molecule has 1 aromatic carbocycles. The Labute approximate surface area is 85.7 Å². The zero-order valence-corrected chi connectivity index (χ0v) is 9.15. The van der Waals surface area contributed by atoms with Gasteiger partial charge in [0, 0.05) is 5.25 Å². The molecule has 2 aromatic rings. The Morgan fingerprint density at radius 2 is 2.23 bits per heavy atom. The molecule has 0 radical (unpaired) electrons. The second-order valence-electron chi connectivity index (χ2n) is 2.86. The first-order valence-electron chi connectivity index (χ1n) is 4.07. The third kappa shape index (κ3) is 1.56. The Balaban J connectivity index is 2.60. The normalized spacial score (nSPS) is 13.4. The van der Waals surface area contributed by atoms with Gasteiger partial charge in [0.15, 0.2) is 0 Å². The van der Waals surface area contributed by atoms with Gasteiger partial charge in [0.1, 0.15) is 11.0 Å². The van der Waals surface area contributed by atoms with Gasteiger partial charge in [-0.25, -0.2) is 0 Å². The van der Waals surface area contributed by atoms with Crippen LogP contribution in [0.3, 0.4) is 0 Å². The monoisotopic (exact) mass is 210 g/mol. The van der Waals surface area contributed by atoms with E-state index < -0.39 is 0 Å². The van der Waals surface area contributed by atoms with Gasteiger partial charge in [0.2, 0.25) is 0 Å². The van der Waals surface area contributed by atoms with Crippen LogP contribution in [-0.4, -0.2) is 15.0 Å². The fraction of sp³-hybridized carbons (Fsp3) is 0.333.